The first kappa shape index (κ1) is 26.5. The lowest BCUT2D eigenvalue weighted by atomic mass is 10.3. The zero-order valence-electron chi connectivity index (χ0n) is 22.6. The third-order valence-corrected chi connectivity index (χ3v) is 8.36. The van der Waals surface area contributed by atoms with Crippen molar-refractivity contribution in [2.75, 3.05) is 19.1 Å². The van der Waals surface area contributed by atoms with Crippen LogP contribution in [-0.2, 0) is 7.05 Å². The molecule has 0 aliphatic carbocycles. The van der Waals surface area contributed by atoms with Crippen LogP contribution < -0.4 is 19.2 Å². The largest absolute Gasteiger partial charge is 0.497 e. The van der Waals surface area contributed by atoms with Gasteiger partial charge in [-0.15, -0.1) is 10.2 Å². The number of fused-ring (bicyclic) bond motifs is 1. The van der Waals surface area contributed by atoms with Crippen LogP contribution in [0.5, 0.6) is 11.5 Å². The van der Waals surface area contributed by atoms with Gasteiger partial charge in [-0.25, -0.2) is 9.98 Å². The van der Waals surface area contributed by atoms with Crippen molar-refractivity contribution in [3.05, 3.63) is 108 Å². The molecule has 0 saturated carbocycles. The number of para-hydroxylation sites is 2. The van der Waals surface area contributed by atoms with Crippen LogP contribution in [0.25, 0.3) is 10.2 Å². The van der Waals surface area contributed by atoms with Gasteiger partial charge in [0.25, 0.3) is 0 Å². The Balaban J connectivity index is 1.51. The van der Waals surface area contributed by atoms with Crippen LogP contribution in [0.1, 0.15) is 0 Å². The molecule has 0 atom stereocenters. The number of anilines is 1. The molecule has 1 aromatic heterocycles. The molecule has 0 bridgehead atoms. The zero-order valence-corrected chi connectivity index (χ0v) is 24.3. The summed E-state index contributed by atoms with van der Waals surface area (Å²) in [7, 11) is 5.30. The molecule has 1 aliphatic heterocycles. The summed E-state index contributed by atoms with van der Waals surface area (Å²) >= 11 is 3.02. The summed E-state index contributed by atoms with van der Waals surface area (Å²) in [5, 5.41) is 10.8. The van der Waals surface area contributed by atoms with Crippen molar-refractivity contribution in [3.63, 3.8) is 0 Å². The number of amidine groups is 2. The molecule has 204 valence electrons. The highest BCUT2D eigenvalue weighted by atomic mass is 32.2. The van der Waals surface area contributed by atoms with Crippen LogP contribution in [0.15, 0.2) is 123 Å². The standard InChI is InChI=1S/C31H26N6O2S2/c1-36-26-11-7-8-12-27(26)40-30(36)34-35-31-37(23-9-5-4-6-10-23)28(32-21-13-17-24(38-2)18-14-21)29(41-31)33-22-15-19-25(39-3)20-16-22/h4-20H,1-3H3/b32-28?,33-29?,34-30+,35-31+. The number of nitrogens with zero attached hydrogens (tertiary/aromatic N) is 6. The summed E-state index contributed by atoms with van der Waals surface area (Å²) in [6.07, 6.45) is 0. The van der Waals surface area contributed by atoms with Crippen molar-refractivity contribution in [1.82, 2.24) is 4.57 Å². The van der Waals surface area contributed by atoms with Gasteiger partial charge in [-0.05, 0) is 84.6 Å². The van der Waals surface area contributed by atoms with Crippen molar-refractivity contribution in [2.45, 2.75) is 0 Å². The molecule has 1 fully saturated rings. The van der Waals surface area contributed by atoms with E-state index in [1.54, 1.807) is 25.6 Å². The molecular weight excluding hydrogens is 553 g/mol. The highest BCUT2D eigenvalue weighted by Crippen LogP contribution is 2.33. The van der Waals surface area contributed by atoms with Gasteiger partial charge >= 0.3 is 0 Å². The quantitative estimate of drug-likeness (QED) is 0.201. The van der Waals surface area contributed by atoms with Gasteiger partial charge in [0, 0.05) is 12.7 Å². The molecule has 8 nitrogen and oxygen atoms in total. The van der Waals surface area contributed by atoms with Gasteiger partial charge in [0.15, 0.2) is 5.84 Å². The second-order valence-electron chi connectivity index (χ2n) is 8.92. The van der Waals surface area contributed by atoms with Gasteiger partial charge < -0.3 is 14.0 Å². The fourth-order valence-electron chi connectivity index (χ4n) is 4.23. The molecule has 41 heavy (non-hydrogen) atoms. The van der Waals surface area contributed by atoms with Crippen LogP contribution in [0.3, 0.4) is 0 Å². The van der Waals surface area contributed by atoms with E-state index in [0.717, 1.165) is 43.6 Å². The van der Waals surface area contributed by atoms with E-state index in [2.05, 4.69) is 16.7 Å². The van der Waals surface area contributed by atoms with Gasteiger partial charge in [0.2, 0.25) is 9.97 Å². The van der Waals surface area contributed by atoms with Gasteiger partial charge in [-0.3, -0.25) is 4.90 Å². The first-order valence-corrected chi connectivity index (χ1v) is 14.4. The average Bonchev–Trinajstić information content (AvgIpc) is 3.53. The molecule has 4 aromatic carbocycles. The van der Waals surface area contributed by atoms with Gasteiger partial charge in [0.1, 0.15) is 16.5 Å². The van der Waals surface area contributed by atoms with E-state index in [0.29, 0.717) is 16.0 Å². The molecule has 0 unspecified atom stereocenters. The average molecular weight is 579 g/mol. The van der Waals surface area contributed by atoms with Crippen molar-refractivity contribution in [2.24, 2.45) is 27.2 Å². The van der Waals surface area contributed by atoms with Crippen molar-refractivity contribution >= 4 is 66.4 Å². The summed E-state index contributed by atoms with van der Waals surface area (Å²) in [4.78, 5) is 12.8. The van der Waals surface area contributed by atoms with E-state index in [-0.39, 0.29) is 0 Å². The number of thioether (sulfide) groups is 1. The third kappa shape index (κ3) is 5.65. The zero-order chi connectivity index (χ0) is 28.2. The van der Waals surface area contributed by atoms with Crippen LogP contribution in [0.4, 0.5) is 17.1 Å². The van der Waals surface area contributed by atoms with Crippen LogP contribution >= 0.6 is 23.1 Å². The minimum atomic E-state index is 0.646. The Morgan fingerprint density at radius 2 is 1.27 bits per heavy atom. The highest BCUT2D eigenvalue weighted by Gasteiger charge is 2.35. The molecule has 1 saturated heterocycles. The minimum Gasteiger partial charge on any atom is -0.497 e. The van der Waals surface area contributed by atoms with Crippen molar-refractivity contribution in [1.29, 1.82) is 0 Å². The second kappa shape index (κ2) is 11.8. The van der Waals surface area contributed by atoms with E-state index in [1.165, 1.54) is 11.8 Å². The second-order valence-corrected chi connectivity index (χ2v) is 10.9. The Hall–Kier alpha value is -4.67. The fourth-order valence-corrected chi connectivity index (χ4v) is 6.11. The highest BCUT2D eigenvalue weighted by molar-refractivity contribution is 8.29. The lowest BCUT2D eigenvalue weighted by Gasteiger charge is -2.17. The lowest BCUT2D eigenvalue weighted by molar-refractivity contribution is 0.415. The van der Waals surface area contributed by atoms with Crippen LogP contribution in [-0.4, -0.2) is 34.8 Å². The monoisotopic (exact) mass is 578 g/mol. The van der Waals surface area contributed by atoms with E-state index >= 15 is 0 Å². The van der Waals surface area contributed by atoms with E-state index in [9.17, 15) is 0 Å². The number of aryl methyl sites for hydroxylation is 1. The van der Waals surface area contributed by atoms with E-state index < -0.39 is 0 Å². The summed E-state index contributed by atoms with van der Waals surface area (Å²) in [5.41, 5.74) is 3.55. The number of thiazole rings is 1. The SMILES string of the molecule is COc1ccc(N=C2S/C(=N/N=c3/sc4ccccc4n3C)N(c3ccccc3)C2=Nc2ccc(OC)cc2)cc1. The number of hydrogen-bond acceptors (Lipinski definition) is 8. The van der Waals surface area contributed by atoms with Crippen molar-refractivity contribution < 1.29 is 9.47 Å². The molecule has 10 heteroatoms. The number of hydrogen-bond donors (Lipinski definition) is 0. The molecule has 1 aliphatic rings. The summed E-state index contributed by atoms with van der Waals surface area (Å²) in [6.45, 7) is 0. The number of rotatable bonds is 6. The van der Waals surface area contributed by atoms with E-state index in [4.69, 9.17) is 29.7 Å². The Kier molecular flexibility index (Phi) is 7.66. The van der Waals surface area contributed by atoms with Crippen molar-refractivity contribution in [3.8, 4) is 11.5 Å². The predicted octanol–water partition coefficient (Wildman–Crippen LogP) is 7.14. The maximum absolute atomic E-state index is 5.34. The Bertz CT molecular complexity index is 1840. The van der Waals surface area contributed by atoms with Crippen LogP contribution in [0, 0.1) is 0 Å². The summed E-state index contributed by atoms with van der Waals surface area (Å²) < 4.78 is 13.9. The molecule has 5 aromatic rings. The Morgan fingerprint density at radius 3 is 1.90 bits per heavy atom. The Labute approximate surface area is 245 Å². The Morgan fingerprint density at radius 1 is 0.659 bits per heavy atom. The molecule has 0 N–H and O–H groups in total. The third-order valence-electron chi connectivity index (χ3n) is 6.34. The lowest BCUT2D eigenvalue weighted by Crippen LogP contribution is -2.30. The maximum atomic E-state index is 5.34. The number of benzene rings is 4. The number of ether oxygens (including phenoxy) is 2. The first-order chi connectivity index (χ1) is 20.1. The molecular formula is C31H26N6O2S2. The fraction of sp³-hybridized carbons (Fsp3) is 0.0968. The summed E-state index contributed by atoms with van der Waals surface area (Å²) in [5.74, 6) is 2.18. The predicted molar refractivity (Wildman–Crippen MR) is 170 cm³/mol. The van der Waals surface area contributed by atoms with Crippen LogP contribution in [0.2, 0.25) is 0 Å². The van der Waals surface area contributed by atoms with Gasteiger partial charge in [0.05, 0.1) is 35.8 Å². The molecule has 2 heterocycles. The minimum absolute atomic E-state index is 0.646. The normalized spacial score (nSPS) is 16.8. The first-order valence-electron chi connectivity index (χ1n) is 12.8. The molecule has 0 spiro atoms. The van der Waals surface area contributed by atoms with Gasteiger partial charge in [-0.1, -0.05) is 41.7 Å². The van der Waals surface area contributed by atoms with E-state index in [1.807, 2.05) is 103 Å². The van der Waals surface area contributed by atoms with Gasteiger partial charge in [-0.2, -0.15) is 0 Å². The topological polar surface area (TPSA) is 76.1 Å². The number of methoxy groups -OCH3 is 2. The molecule has 0 amide bonds. The smallest absolute Gasteiger partial charge is 0.211 e. The number of aromatic nitrogens is 1. The molecule has 0 radical (unpaired) electrons. The maximum Gasteiger partial charge on any atom is 0.211 e. The summed E-state index contributed by atoms with van der Waals surface area (Å²) in [6, 6.07) is 33.5. The number of aliphatic imine (C=N–C) groups is 2. The molecule has 6 rings (SSSR count).